The molecule has 0 aromatic heterocycles. The summed E-state index contributed by atoms with van der Waals surface area (Å²) in [5.74, 6) is 0.667. The molecule has 0 spiro atoms. The summed E-state index contributed by atoms with van der Waals surface area (Å²) in [4.78, 5) is 0. The number of allylic oxidation sites excluding steroid dienone is 1. The van der Waals surface area contributed by atoms with Crippen LogP contribution in [-0.2, 0) is 0 Å². The van der Waals surface area contributed by atoms with Crippen LogP contribution < -0.4 is 11.5 Å². The van der Waals surface area contributed by atoms with E-state index in [1.807, 2.05) is 27.7 Å². The van der Waals surface area contributed by atoms with Crippen LogP contribution in [0.25, 0.3) is 0 Å². The third kappa shape index (κ3) is 2.29. The van der Waals surface area contributed by atoms with Crippen LogP contribution in [0.2, 0.25) is 0 Å². The smallest absolute Gasteiger partial charge is 0.136 e. The predicted octanol–water partition coefficient (Wildman–Crippen LogP) is 2.08. The summed E-state index contributed by atoms with van der Waals surface area (Å²) in [7, 11) is 0. The van der Waals surface area contributed by atoms with Gasteiger partial charge in [-0.15, -0.1) is 0 Å². The number of hydrogen-bond acceptors (Lipinski definition) is 0. The molecule has 2 heteroatoms. The molecule has 0 bridgehead atoms. The molecule has 0 heterocycles. The Bertz CT molecular complexity index is 120. The van der Waals surface area contributed by atoms with E-state index < -0.39 is 0 Å². The maximum Gasteiger partial charge on any atom is 0.136 e. The molecule has 0 aliphatic carbocycles. The first-order valence-corrected chi connectivity index (χ1v) is 3.64. The Labute approximate surface area is 63.3 Å². The van der Waals surface area contributed by atoms with Crippen molar-refractivity contribution < 1.29 is 0 Å². The molecular formula is C8H16N2. The van der Waals surface area contributed by atoms with Crippen LogP contribution in [0.5, 0.6) is 0 Å². The van der Waals surface area contributed by atoms with Crippen LogP contribution in [0.15, 0.2) is 11.4 Å². The molecule has 0 rings (SSSR count). The van der Waals surface area contributed by atoms with Crippen LogP contribution in [-0.4, -0.2) is 0 Å². The Morgan fingerprint density at radius 3 is 1.20 bits per heavy atom. The van der Waals surface area contributed by atoms with Crippen LogP contribution >= 0.6 is 0 Å². The Kier molecular flexibility index (Phi) is 3.26. The number of nitrogens with one attached hydrogen (secondary N) is 2. The fourth-order valence-electron chi connectivity index (χ4n) is 1.24. The average Bonchev–Trinajstić information content (AvgIpc) is 1.59. The third-order valence-electron chi connectivity index (χ3n) is 1.53. The minimum atomic E-state index is -0.00926. The molecule has 2 nitrogen and oxygen atoms in total. The second-order valence-electron chi connectivity index (χ2n) is 3.14. The van der Waals surface area contributed by atoms with E-state index in [1.54, 1.807) is 0 Å². The van der Waals surface area contributed by atoms with Gasteiger partial charge in [0.2, 0.25) is 0 Å². The lowest BCUT2D eigenvalue weighted by Gasteiger charge is -2.15. The molecule has 0 atom stereocenters. The molecule has 58 valence electrons. The maximum atomic E-state index is 7.14. The van der Waals surface area contributed by atoms with Gasteiger partial charge < -0.3 is 0 Å². The molecule has 0 aliphatic rings. The van der Waals surface area contributed by atoms with Crippen molar-refractivity contribution in [3.05, 3.63) is 11.4 Å². The molecule has 0 aliphatic heterocycles. The molecule has 0 saturated carbocycles. The second kappa shape index (κ2) is 3.49. The zero-order valence-corrected chi connectivity index (χ0v) is 7.15. The van der Waals surface area contributed by atoms with E-state index in [9.17, 15) is 0 Å². The zero-order valence-electron chi connectivity index (χ0n) is 7.15. The van der Waals surface area contributed by atoms with Crippen molar-refractivity contribution in [2.75, 3.05) is 0 Å². The number of hydrogen-bond donors (Lipinski definition) is 0. The van der Waals surface area contributed by atoms with Crippen molar-refractivity contribution in [1.82, 2.24) is 11.5 Å². The van der Waals surface area contributed by atoms with E-state index in [2.05, 4.69) is 0 Å². The Morgan fingerprint density at radius 2 is 1.20 bits per heavy atom. The molecule has 2 radical (unpaired) electrons. The molecule has 0 amide bonds. The minimum absolute atomic E-state index is 0.00926. The predicted molar refractivity (Wildman–Crippen MR) is 42.9 cm³/mol. The monoisotopic (exact) mass is 140 g/mol. The van der Waals surface area contributed by atoms with Gasteiger partial charge in [-0.25, -0.2) is 0 Å². The van der Waals surface area contributed by atoms with Crippen molar-refractivity contribution in [2.24, 2.45) is 11.8 Å². The summed E-state index contributed by atoms with van der Waals surface area (Å²) in [6.07, 6.45) is 0. The van der Waals surface area contributed by atoms with E-state index in [0.717, 1.165) is 5.57 Å². The van der Waals surface area contributed by atoms with Crippen molar-refractivity contribution in [1.29, 1.82) is 0 Å². The van der Waals surface area contributed by atoms with E-state index >= 15 is 0 Å². The molecular weight excluding hydrogens is 124 g/mol. The summed E-state index contributed by atoms with van der Waals surface area (Å²) in [5.41, 5.74) is 15.2. The Morgan fingerprint density at radius 1 is 0.900 bits per heavy atom. The summed E-state index contributed by atoms with van der Waals surface area (Å²) in [5, 5.41) is 0. The van der Waals surface area contributed by atoms with Gasteiger partial charge in [0.05, 0.1) is 0 Å². The normalized spacial score (nSPS) is 10.6. The third-order valence-corrected chi connectivity index (χ3v) is 1.53. The lowest BCUT2D eigenvalue weighted by molar-refractivity contribution is 0.608. The van der Waals surface area contributed by atoms with Gasteiger partial charge in [0.1, 0.15) is 5.82 Å². The largest absolute Gasteiger partial charge is 0.283 e. The van der Waals surface area contributed by atoms with Gasteiger partial charge in [0.25, 0.3) is 0 Å². The minimum Gasteiger partial charge on any atom is -0.283 e. The van der Waals surface area contributed by atoms with Crippen LogP contribution in [0.3, 0.4) is 0 Å². The zero-order chi connectivity index (χ0) is 8.31. The van der Waals surface area contributed by atoms with Gasteiger partial charge in [-0.2, -0.15) is 0 Å². The topological polar surface area (TPSA) is 47.6 Å². The van der Waals surface area contributed by atoms with Crippen LogP contribution in [0.1, 0.15) is 27.7 Å². The molecule has 0 saturated heterocycles. The molecule has 0 aromatic carbocycles. The average molecular weight is 140 g/mol. The van der Waals surface area contributed by atoms with Gasteiger partial charge in [0.15, 0.2) is 0 Å². The van der Waals surface area contributed by atoms with E-state index in [1.165, 1.54) is 0 Å². The quantitative estimate of drug-likeness (QED) is 0.564. The first-order chi connectivity index (χ1) is 4.46. The molecule has 0 fully saturated rings. The van der Waals surface area contributed by atoms with Gasteiger partial charge in [-0.3, -0.25) is 11.5 Å². The SMILES string of the molecule is CC(C)C(=C([NH])[NH])C(C)C. The van der Waals surface area contributed by atoms with Gasteiger partial charge >= 0.3 is 0 Å². The molecule has 0 unspecified atom stereocenters. The first kappa shape index (κ1) is 9.34. The standard InChI is InChI=1S/C8H16N2/c1-5(2)7(6(3)4)8(9)10/h5-6,9-10H,1-4H3. The summed E-state index contributed by atoms with van der Waals surface area (Å²) in [6.45, 7) is 8.10. The lowest BCUT2D eigenvalue weighted by atomic mass is 9.93. The summed E-state index contributed by atoms with van der Waals surface area (Å²) < 4.78 is 0. The fourth-order valence-corrected chi connectivity index (χ4v) is 1.24. The van der Waals surface area contributed by atoms with E-state index in [4.69, 9.17) is 11.5 Å². The van der Waals surface area contributed by atoms with Crippen molar-refractivity contribution >= 4 is 0 Å². The summed E-state index contributed by atoms with van der Waals surface area (Å²) in [6, 6.07) is 0. The maximum absolute atomic E-state index is 7.14. The van der Waals surface area contributed by atoms with Gasteiger partial charge in [-0.1, -0.05) is 27.7 Å². The molecule has 0 aromatic rings. The van der Waals surface area contributed by atoms with E-state index in [0.29, 0.717) is 11.8 Å². The van der Waals surface area contributed by atoms with Crippen LogP contribution in [0, 0.1) is 11.8 Å². The second-order valence-corrected chi connectivity index (χ2v) is 3.14. The molecule has 2 N–H and O–H groups in total. The van der Waals surface area contributed by atoms with E-state index in [-0.39, 0.29) is 5.82 Å². The van der Waals surface area contributed by atoms with Gasteiger partial charge in [-0.05, 0) is 17.4 Å². The van der Waals surface area contributed by atoms with Crippen molar-refractivity contribution in [2.45, 2.75) is 27.7 Å². The van der Waals surface area contributed by atoms with Gasteiger partial charge in [0, 0.05) is 0 Å². The first-order valence-electron chi connectivity index (χ1n) is 3.64. The van der Waals surface area contributed by atoms with Crippen molar-refractivity contribution in [3.63, 3.8) is 0 Å². The Balaban J connectivity index is 4.44. The highest BCUT2D eigenvalue weighted by molar-refractivity contribution is 5.11. The molecule has 10 heavy (non-hydrogen) atoms. The van der Waals surface area contributed by atoms with Crippen molar-refractivity contribution in [3.8, 4) is 0 Å². The fraction of sp³-hybridized carbons (Fsp3) is 0.750. The highest BCUT2D eigenvalue weighted by atomic mass is 14.8. The highest BCUT2D eigenvalue weighted by Gasteiger charge is 2.10. The number of rotatable bonds is 2. The lowest BCUT2D eigenvalue weighted by Crippen LogP contribution is -2.07. The summed E-state index contributed by atoms with van der Waals surface area (Å²) >= 11 is 0. The van der Waals surface area contributed by atoms with Crippen LogP contribution in [0.4, 0.5) is 0 Å². The highest BCUT2D eigenvalue weighted by Crippen LogP contribution is 2.20. The Hall–Kier alpha value is -0.660.